The molecule has 0 fully saturated rings. The van der Waals surface area contributed by atoms with E-state index in [2.05, 4.69) is 26.2 Å². The van der Waals surface area contributed by atoms with E-state index in [9.17, 15) is 4.79 Å². The number of nitrogens with one attached hydrogen (secondary N) is 1. The molecule has 1 aromatic carbocycles. The van der Waals surface area contributed by atoms with Gasteiger partial charge in [0.15, 0.2) is 0 Å². The van der Waals surface area contributed by atoms with E-state index in [1.807, 2.05) is 0 Å². The summed E-state index contributed by atoms with van der Waals surface area (Å²) in [4.78, 5) is 15.8. The highest BCUT2D eigenvalue weighted by Crippen LogP contribution is 2.24. The monoisotopic (exact) mass is 325 g/mol. The molecular formula is C12H9BrClN3O. The highest BCUT2D eigenvalue weighted by molar-refractivity contribution is 9.10. The smallest absolute Gasteiger partial charge is 0.257 e. The average Bonchev–Trinajstić information content (AvgIpc) is 2.33. The zero-order valence-electron chi connectivity index (χ0n) is 9.15. The summed E-state index contributed by atoms with van der Waals surface area (Å²) in [6.07, 6.45) is 2.92. The van der Waals surface area contributed by atoms with Crippen LogP contribution in [0.2, 0.25) is 5.02 Å². The zero-order valence-corrected chi connectivity index (χ0v) is 11.5. The van der Waals surface area contributed by atoms with Crippen molar-refractivity contribution in [3.05, 3.63) is 51.7 Å². The fourth-order valence-electron chi connectivity index (χ4n) is 1.40. The Hall–Kier alpha value is -1.59. The van der Waals surface area contributed by atoms with Crippen LogP contribution in [0.25, 0.3) is 0 Å². The fourth-order valence-corrected chi connectivity index (χ4v) is 1.98. The first-order valence-electron chi connectivity index (χ1n) is 5.04. The highest BCUT2D eigenvalue weighted by Gasteiger charge is 2.11. The third-order valence-electron chi connectivity index (χ3n) is 2.28. The van der Waals surface area contributed by atoms with Crippen molar-refractivity contribution in [1.82, 2.24) is 4.98 Å². The van der Waals surface area contributed by atoms with Crippen LogP contribution in [0.1, 0.15) is 10.4 Å². The minimum atomic E-state index is -0.323. The number of hydrogen-bond donors (Lipinski definition) is 2. The standard InChI is InChI=1S/C12H9BrClN3O/c13-7-1-2-11(10(15)5-7)17-12(18)8-3-4-16-6-9(8)14/h1-6H,15H2,(H,17,18). The maximum Gasteiger partial charge on any atom is 0.257 e. The van der Waals surface area contributed by atoms with Crippen molar-refractivity contribution in [2.75, 3.05) is 11.1 Å². The van der Waals surface area contributed by atoms with Crippen molar-refractivity contribution in [1.29, 1.82) is 0 Å². The molecule has 0 saturated heterocycles. The van der Waals surface area contributed by atoms with E-state index in [1.165, 1.54) is 12.4 Å². The molecule has 1 amide bonds. The first-order chi connectivity index (χ1) is 8.58. The van der Waals surface area contributed by atoms with Crippen LogP contribution in [-0.2, 0) is 0 Å². The minimum Gasteiger partial charge on any atom is -0.397 e. The van der Waals surface area contributed by atoms with Gasteiger partial charge in [0.25, 0.3) is 5.91 Å². The highest BCUT2D eigenvalue weighted by atomic mass is 79.9. The van der Waals surface area contributed by atoms with E-state index in [1.54, 1.807) is 24.3 Å². The number of anilines is 2. The van der Waals surface area contributed by atoms with Gasteiger partial charge in [0, 0.05) is 16.9 Å². The van der Waals surface area contributed by atoms with E-state index in [-0.39, 0.29) is 5.91 Å². The number of carbonyl (C=O) groups is 1. The normalized spacial score (nSPS) is 10.1. The topological polar surface area (TPSA) is 68.0 Å². The van der Waals surface area contributed by atoms with Crippen LogP contribution < -0.4 is 11.1 Å². The van der Waals surface area contributed by atoms with Gasteiger partial charge in [-0.2, -0.15) is 0 Å². The van der Waals surface area contributed by atoms with E-state index in [0.29, 0.717) is 22.0 Å². The minimum absolute atomic E-state index is 0.297. The summed E-state index contributed by atoms with van der Waals surface area (Å²) in [6.45, 7) is 0. The Kier molecular flexibility index (Phi) is 3.84. The van der Waals surface area contributed by atoms with Gasteiger partial charge in [-0.05, 0) is 24.3 Å². The summed E-state index contributed by atoms with van der Waals surface area (Å²) >= 11 is 9.19. The van der Waals surface area contributed by atoms with Gasteiger partial charge in [0.2, 0.25) is 0 Å². The molecule has 18 heavy (non-hydrogen) atoms. The van der Waals surface area contributed by atoms with Gasteiger partial charge in [-0.1, -0.05) is 27.5 Å². The lowest BCUT2D eigenvalue weighted by molar-refractivity contribution is 0.102. The van der Waals surface area contributed by atoms with E-state index < -0.39 is 0 Å². The molecular weight excluding hydrogens is 318 g/mol. The molecule has 1 aromatic heterocycles. The Labute approximate surface area is 117 Å². The molecule has 4 nitrogen and oxygen atoms in total. The second kappa shape index (κ2) is 5.37. The molecule has 0 spiro atoms. The maximum atomic E-state index is 12.0. The number of nitrogens with two attached hydrogens (primary N) is 1. The Morgan fingerprint density at radius 3 is 2.83 bits per heavy atom. The predicted octanol–water partition coefficient (Wildman–Crippen LogP) is 3.33. The van der Waals surface area contributed by atoms with Gasteiger partial charge < -0.3 is 11.1 Å². The summed E-state index contributed by atoms with van der Waals surface area (Å²) < 4.78 is 0.847. The van der Waals surface area contributed by atoms with Crippen molar-refractivity contribution in [2.45, 2.75) is 0 Å². The van der Waals surface area contributed by atoms with E-state index in [4.69, 9.17) is 17.3 Å². The van der Waals surface area contributed by atoms with Gasteiger partial charge in [-0.15, -0.1) is 0 Å². The van der Waals surface area contributed by atoms with Crippen molar-refractivity contribution in [2.24, 2.45) is 0 Å². The number of rotatable bonds is 2. The second-order valence-electron chi connectivity index (χ2n) is 3.54. The van der Waals surface area contributed by atoms with Gasteiger partial charge in [-0.3, -0.25) is 9.78 Å². The van der Waals surface area contributed by atoms with Crippen molar-refractivity contribution >= 4 is 44.8 Å². The van der Waals surface area contributed by atoms with Gasteiger partial charge in [0.1, 0.15) is 0 Å². The van der Waals surface area contributed by atoms with Crippen LogP contribution in [0.5, 0.6) is 0 Å². The summed E-state index contributed by atoms with van der Waals surface area (Å²) in [5.41, 5.74) is 7.16. The van der Waals surface area contributed by atoms with Crippen molar-refractivity contribution in [3.8, 4) is 0 Å². The molecule has 3 N–H and O–H groups in total. The average molecular weight is 327 g/mol. The van der Waals surface area contributed by atoms with E-state index >= 15 is 0 Å². The summed E-state index contributed by atoms with van der Waals surface area (Å²) in [6, 6.07) is 6.77. The molecule has 0 aliphatic heterocycles. The second-order valence-corrected chi connectivity index (χ2v) is 4.86. The predicted molar refractivity (Wildman–Crippen MR) is 75.8 cm³/mol. The zero-order chi connectivity index (χ0) is 13.1. The summed E-state index contributed by atoms with van der Waals surface area (Å²) in [5.74, 6) is -0.323. The summed E-state index contributed by atoms with van der Waals surface area (Å²) in [7, 11) is 0. The van der Waals surface area contributed by atoms with Crippen LogP contribution in [0.4, 0.5) is 11.4 Å². The first-order valence-corrected chi connectivity index (χ1v) is 6.21. The molecule has 0 bridgehead atoms. The number of benzene rings is 1. The molecule has 1 heterocycles. The number of pyridine rings is 1. The third-order valence-corrected chi connectivity index (χ3v) is 3.07. The van der Waals surface area contributed by atoms with Crippen molar-refractivity contribution in [3.63, 3.8) is 0 Å². The lowest BCUT2D eigenvalue weighted by atomic mass is 10.2. The Morgan fingerprint density at radius 1 is 1.39 bits per heavy atom. The van der Waals surface area contributed by atoms with Gasteiger partial charge >= 0.3 is 0 Å². The lowest BCUT2D eigenvalue weighted by Crippen LogP contribution is -2.13. The summed E-state index contributed by atoms with van der Waals surface area (Å²) in [5, 5.41) is 2.99. The molecule has 0 saturated carbocycles. The molecule has 0 aliphatic carbocycles. The third kappa shape index (κ3) is 2.80. The van der Waals surface area contributed by atoms with Gasteiger partial charge in [-0.25, -0.2) is 0 Å². The quantitative estimate of drug-likeness (QED) is 0.832. The molecule has 92 valence electrons. The maximum absolute atomic E-state index is 12.0. The van der Waals surface area contributed by atoms with Crippen molar-refractivity contribution < 1.29 is 4.79 Å². The molecule has 0 unspecified atom stereocenters. The number of carbonyl (C=O) groups excluding carboxylic acids is 1. The van der Waals surface area contributed by atoms with Crippen LogP contribution in [0.3, 0.4) is 0 Å². The molecule has 6 heteroatoms. The Balaban J connectivity index is 2.24. The molecule has 0 radical (unpaired) electrons. The van der Waals surface area contributed by atoms with Crippen LogP contribution in [0.15, 0.2) is 41.1 Å². The number of hydrogen-bond acceptors (Lipinski definition) is 3. The SMILES string of the molecule is Nc1cc(Br)ccc1NC(=O)c1ccncc1Cl. The molecule has 0 aliphatic rings. The Bertz CT molecular complexity index is 604. The number of amides is 1. The number of aromatic nitrogens is 1. The molecule has 2 rings (SSSR count). The fraction of sp³-hybridized carbons (Fsp3) is 0. The van der Waals surface area contributed by atoms with Crippen LogP contribution >= 0.6 is 27.5 Å². The molecule has 0 atom stereocenters. The Morgan fingerprint density at radius 2 is 2.17 bits per heavy atom. The largest absolute Gasteiger partial charge is 0.397 e. The van der Waals surface area contributed by atoms with Gasteiger partial charge in [0.05, 0.1) is 22.0 Å². The number of nitrogens with zero attached hydrogens (tertiary/aromatic N) is 1. The molecule has 2 aromatic rings. The van der Waals surface area contributed by atoms with Crippen LogP contribution in [0, 0.1) is 0 Å². The number of halogens is 2. The lowest BCUT2D eigenvalue weighted by Gasteiger charge is -2.09. The van der Waals surface area contributed by atoms with E-state index in [0.717, 1.165) is 4.47 Å². The number of nitrogen functional groups attached to an aromatic ring is 1. The van der Waals surface area contributed by atoms with Crippen LogP contribution in [-0.4, -0.2) is 10.9 Å². The first kappa shape index (κ1) is 12.9.